The fourth-order valence-corrected chi connectivity index (χ4v) is 1.03. The van der Waals surface area contributed by atoms with Crippen molar-refractivity contribution in [3.63, 3.8) is 0 Å². The van der Waals surface area contributed by atoms with E-state index in [0.29, 0.717) is 12.4 Å². The van der Waals surface area contributed by atoms with Crippen LogP contribution in [0.4, 0.5) is 10.6 Å². The van der Waals surface area contributed by atoms with Crippen LogP contribution in [-0.2, 0) is 0 Å². The fraction of sp³-hybridized carbons (Fsp3) is 0.333. The van der Waals surface area contributed by atoms with E-state index in [1.807, 2.05) is 13.0 Å². The van der Waals surface area contributed by atoms with Gasteiger partial charge in [0.2, 0.25) is 0 Å². The zero-order chi connectivity index (χ0) is 10.6. The van der Waals surface area contributed by atoms with E-state index in [4.69, 9.17) is 0 Å². The van der Waals surface area contributed by atoms with Gasteiger partial charge in [0.05, 0.1) is 0 Å². The van der Waals surface area contributed by atoms with Gasteiger partial charge in [-0.2, -0.15) is 0 Å². The van der Waals surface area contributed by atoms with Gasteiger partial charge in [0, 0.05) is 24.3 Å². The van der Waals surface area contributed by atoms with Crippen LogP contribution in [0, 0.1) is 0 Å². The lowest BCUT2D eigenvalue weighted by atomic mass is 10.4. The number of halogens is 1. The summed E-state index contributed by atoms with van der Waals surface area (Å²) in [6.07, 6.45) is 1.64. The molecule has 1 N–H and O–H groups in total. The lowest BCUT2D eigenvalue weighted by molar-refractivity contribution is 0.224. The van der Waals surface area contributed by atoms with E-state index in [-0.39, 0.29) is 6.03 Å². The summed E-state index contributed by atoms with van der Waals surface area (Å²) in [5.74, 6) is 0.554. The number of nitrogens with zero attached hydrogens (tertiary/aromatic N) is 2. The zero-order valence-corrected chi connectivity index (χ0v) is 9.71. The first-order chi connectivity index (χ1) is 6.63. The van der Waals surface area contributed by atoms with Gasteiger partial charge in [-0.05, 0) is 35.0 Å². The number of pyridine rings is 1. The number of nitrogens with one attached hydrogen (secondary N) is 1. The van der Waals surface area contributed by atoms with Crippen LogP contribution in [0.25, 0.3) is 0 Å². The zero-order valence-electron chi connectivity index (χ0n) is 8.12. The number of carbonyl (C=O) groups is 1. The number of aromatic nitrogens is 1. The van der Waals surface area contributed by atoms with E-state index in [1.165, 1.54) is 0 Å². The van der Waals surface area contributed by atoms with Crippen LogP contribution in [0.2, 0.25) is 0 Å². The summed E-state index contributed by atoms with van der Waals surface area (Å²) in [6, 6.07) is 3.42. The van der Waals surface area contributed by atoms with Crippen LogP contribution in [-0.4, -0.2) is 29.5 Å². The van der Waals surface area contributed by atoms with Crippen LogP contribution < -0.4 is 5.32 Å². The average molecular weight is 258 g/mol. The Kier molecular flexibility index (Phi) is 3.88. The molecule has 0 saturated carbocycles. The molecule has 0 aliphatic carbocycles. The molecule has 0 radical (unpaired) electrons. The number of anilines is 1. The average Bonchev–Trinajstić information content (AvgIpc) is 2.20. The minimum Gasteiger partial charge on any atom is -0.328 e. The molecular weight excluding hydrogens is 246 g/mol. The molecule has 76 valence electrons. The SMILES string of the molecule is CCN(C)C(=O)Nc1ccc(Br)cn1. The molecule has 0 aliphatic rings. The largest absolute Gasteiger partial charge is 0.328 e. The maximum absolute atomic E-state index is 11.4. The third-order valence-electron chi connectivity index (χ3n) is 1.78. The van der Waals surface area contributed by atoms with Crippen molar-refractivity contribution in [1.82, 2.24) is 9.88 Å². The highest BCUT2D eigenvalue weighted by Crippen LogP contribution is 2.10. The molecule has 14 heavy (non-hydrogen) atoms. The highest BCUT2D eigenvalue weighted by atomic mass is 79.9. The number of amides is 2. The summed E-state index contributed by atoms with van der Waals surface area (Å²) in [7, 11) is 1.73. The predicted octanol–water partition coefficient (Wildman–Crippen LogP) is 2.33. The summed E-state index contributed by atoms with van der Waals surface area (Å²) in [5.41, 5.74) is 0. The van der Waals surface area contributed by atoms with Crippen LogP contribution in [0.3, 0.4) is 0 Å². The second-order valence-corrected chi connectivity index (χ2v) is 3.72. The van der Waals surface area contributed by atoms with Gasteiger partial charge >= 0.3 is 6.03 Å². The van der Waals surface area contributed by atoms with Gasteiger partial charge in [-0.3, -0.25) is 5.32 Å². The van der Waals surface area contributed by atoms with Crippen molar-refractivity contribution in [1.29, 1.82) is 0 Å². The van der Waals surface area contributed by atoms with Gasteiger partial charge in [0.25, 0.3) is 0 Å². The highest BCUT2D eigenvalue weighted by Gasteiger charge is 2.06. The Morgan fingerprint density at radius 2 is 2.36 bits per heavy atom. The van der Waals surface area contributed by atoms with E-state index >= 15 is 0 Å². The molecule has 0 unspecified atom stereocenters. The van der Waals surface area contributed by atoms with Gasteiger partial charge in [0.15, 0.2) is 0 Å². The normalized spacial score (nSPS) is 9.64. The summed E-state index contributed by atoms with van der Waals surface area (Å²) in [5, 5.41) is 2.67. The van der Waals surface area contributed by atoms with Gasteiger partial charge in [-0.25, -0.2) is 9.78 Å². The Morgan fingerprint density at radius 1 is 1.64 bits per heavy atom. The highest BCUT2D eigenvalue weighted by molar-refractivity contribution is 9.10. The fourth-order valence-electron chi connectivity index (χ4n) is 0.798. The molecule has 5 heteroatoms. The third-order valence-corrected chi connectivity index (χ3v) is 2.25. The topological polar surface area (TPSA) is 45.2 Å². The van der Waals surface area contributed by atoms with E-state index in [1.54, 1.807) is 24.2 Å². The molecule has 0 spiro atoms. The van der Waals surface area contributed by atoms with Crippen molar-refractivity contribution in [2.45, 2.75) is 6.92 Å². The lowest BCUT2D eigenvalue weighted by Crippen LogP contribution is -2.31. The van der Waals surface area contributed by atoms with Crippen molar-refractivity contribution in [3.05, 3.63) is 22.8 Å². The van der Waals surface area contributed by atoms with Crippen molar-refractivity contribution in [2.24, 2.45) is 0 Å². The monoisotopic (exact) mass is 257 g/mol. The second-order valence-electron chi connectivity index (χ2n) is 2.81. The molecule has 0 atom stereocenters. The van der Waals surface area contributed by atoms with Crippen LogP contribution >= 0.6 is 15.9 Å². The molecule has 0 bridgehead atoms. The number of hydrogen-bond donors (Lipinski definition) is 1. The summed E-state index contributed by atoms with van der Waals surface area (Å²) in [6.45, 7) is 2.58. The third kappa shape index (κ3) is 2.99. The van der Waals surface area contributed by atoms with Crippen LogP contribution in [0.5, 0.6) is 0 Å². The van der Waals surface area contributed by atoms with E-state index < -0.39 is 0 Å². The van der Waals surface area contributed by atoms with Crippen molar-refractivity contribution in [3.8, 4) is 0 Å². The Labute approximate surface area is 91.4 Å². The molecule has 0 fully saturated rings. The number of carbonyl (C=O) groups excluding carboxylic acids is 1. The smallest absolute Gasteiger partial charge is 0.322 e. The first-order valence-electron chi connectivity index (χ1n) is 4.27. The minimum atomic E-state index is -0.151. The predicted molar refractivity (Wildman–Crippen MR) is 59.3 cm³/mol. The molecule has 2 amide bonds. The van der Waals surface area contributed by atoms with Gasteiger partial charge in [0.1, 0.15) is 5.82 Å². The quantitative estimate of drug-likeness (QED) is 0.884. The number of hydrogen-bond acceptors (Lipinski definition) is 2. The van der Waals surface area contributed by atoms with E-state index in [9.17, 15) is 4.79 Å². The molecular formula is C9H12BrN3O. The molecule has 1 rings (SSSR count). The second kappa shape index (κ2) is 4.95. The first-order valence-corrected chi connectivity index (χ1v) is 5.06. The standard InChI is InChI=1S/C9H12BrN3O/c1-3-13(2)9(14)12-8-5-4-7(10)6-11-8/h4-6H,3H2,1-2H3,(H,11,12,14). The number of rotatable bonds is 2. The molecule has 0 aliphatic heterocycles. The van der Waals surface area contributed by atoms with Crippen LogP contribution in [0.1, 0.15) is 6.92 Å². The molecule has 0 saturated heterocycles. The van der Waals surface area contributed by atoms with Crippen molar-refractivity contribution >= 4 is 27.8 Å². The summed E-state index contributed by atoms with van der Waals surface area (Å²) >= 11 is 3.27. The molecule has 1 aromatic heterocycles. The minimum absolute atomic E-state index is 0.151. The Balaban J connectivity index is 2.60. The first kappa shape index (κ1) is 11.0. The molecule has 0 aromatic carbocycles. The Morgan fingerprint density at radius 3 is 2.86 bits per heavy atom. The Bertz CT molecular complexity index is 312. The van der Waals surface area contributed by atoms with E-state index in [0.717, 1.165) is 4.47 Å². The Hall–Kier alpha value is -1.10. The molecule has 4 nitrogen and oxygen atoms in total. The lowest BCUT2D eigenvalue weighted by Gasteiger charge is -2.14. The van der Waals surface area contributed by atoms with Gasteiger partial charge in [-0.15, -0.1) is 0 Å². The number of urea groups is 1. The maximum Gasteiger partial charge on any atom is 0.322 e. The van der Waals surface area contributed by atoms with Gasteiger partial charge in [-0.1, -0.05) is 0 Å². The summed E-state index contributed by atoms with van der Waals surface area (Å²) < 4.78 is 0.888. The summed E-state index contributed by atoms with van der Waals surface area (Å²) in [4.78, 5) is 17.0. The van der Waals surface area contributed by atoms with Gasteiger partial charge < -0.3 is 4.90 Å². The van der Waals surface area contributed by atoms with Crippen LogP contribution in [0.15, 0.2) is 22.8 Å². The molecule has 1 aromatic rings. The van der Waals surface area contributed by atoms with E-state index in [2.05, 4.69) is 26.2 Å². The van der Waals surface area contributed by atoms with Crippen molar-refractivity contribution in [2.75, 3.05) is 18.9 Å². The maximum atomic E-state index is 11.4. The van der Waals surface area contributed by atoms with Crippen molar-refractivity contribution < 1.29 is 4.79 Å². The molecule has 1 heterocycles.